The molecule has 33 heavy (non-hydrogen) atoms. The van der Waals surface area contributed by atoms with Gasteiger partial charge in [-0.15, -0.1) is 0 Å². The monoisotopic (exact) mass is 469 g/mol. The Morgan fingerprint density at radius 3 is 2.61 bits per heavy atom. The van der Waals surface area contributed by atoms with Gasteiger partial charge < -0.3 is 10.2 Å². The maximum Gasteiger partial charge on any atom is 0.324 e. The van der Waals surface area contributed by atoms with Crippen LogP contribution in [0.3, 0.4) is 0 Å². The summed E-state index contributed by atoms with van der Waals surface area (Å²) >= 11 is 6.30. The minimum atomic E-state index is -0.944. The van der Waals surface area contributed by atoms with Crippen LogP contribution in [0.1, 0.15) is 27.9 Å². The highest BCUT2D eigenvalue weighted by atomic mass is 35.5. The second-order valence-electron chi connectivity index (χ2n) is 7.95. The van der Waals surface area contributed by atoms with E-state index in [9.17, 15) is 18.4 Å². The summed E-state index contributed by atoms with van der Waals surface area (Å²) in [7, 11) is 0. The van der Waals surface area contributed by atoms with Gasteiger partial charge in [0.15, 0.2) is 11.6 Å². The normalized spacial score (nSPS) is 13.9. The second kappa shape index (κ2) is 9.58. The van der Waals surface area contributed by atoms with Gasteiger partial charge in [-0.1, -0.05) is 35.4 Å². The van der Waals surface area contributed by atoms with Gasteiger partial charge in [0.25, 0.3) is 5.91 Å². The van der Waals surface area contributed by atoms with Gasteiger partial charge >= 0.3 is 6.03 Å². The van der Waals surface area contributed by atoms with Crippen molar-refractivity contribution in [3.8, 4) is 0 Å². The molecule has 1 heterocycles. The molecule has 0 atom stereocenters. The first-order valence-corrected chi connectivity index (χ1v) is 10.9. The van der Waals surface area contributed by atoms with Crippen molar-refractivity contribution in [2.24, 2.45) is 0 Å². The van der Waals surface area contributed by atoms with Gasteiger partial charge in [-0.25, -0.2) is 13.6 Å². The van der Waals surface area contributed by atoms with Crippen LogP contribution in [0.5, 0.6) is 0 Å². The molecule has 0 aliphatic carbocycles. The fraction of sp³-hybridized carbons (Fsp3) is 0.200. The van der Waals surface area contributed by atoms with E-state index < -0.39 is 11.6 Å². The average Bonchev–Trinajstić information content (AvgIpc) is 2.79. The Morgan fingerprint density at radius 2 is 1.85 bits per heavy atom. The van der Waals surface area contributed by atoms with E-state index in [0.29, 0.717) is 47.0 Å². The molecule has 0 saturated carbocycles. The van der Waals surface area contributed by atoms with Crippen LogP contribution < -0.4 is 10.2 Å². The molecule has 0 aromatic heterocycles. The Labute approximate surface area is 195 Å². The molecule has 5 nitrogen and oxygen atoms in total. The van der Waals surface area contributed by atoms with Gasteiger partial charge in [-0.2, -0.15) is 0 Å². The van der Waals surface area contributed by atoms with Gasteiger partial charge in [0, 0.05) is 30.9 Å². The third-order valence-corrected chi connectivity index (χ3v) is 5.79. The molecule has 3 amide bonds. The Hall–Kier alpha value is -3.45. The number of benzene rings is 3. The summed E-state index contributed by atoms with van der Waals surface area (Å²) in [5, 5.41) is 3.16. The zero-order valence-corrected chi connectivity index (χ0v) is 18.7. The number of amides is 3. The molecular weight excluding hydrogens is 448 g/mol. The van der Waals surface area contributed by atoms with Crippen LogP contribution >= 0.6 is 11.6 Å². The smallest absolute Gasteiger partial charge is 0.321 e. The molecule has 4 rings (SSSR count). The first kappa shape index (κ1) is 22.7. The zero-order chi connectivity index (χ0) is 23.5. The summed E-state index contributed by atoms with van der Waals surface area (Å²) in [5.74, 6) is -2.17. The van der Waals surface area contributed by atoms with E-state index in [1.54, 1.807) is 46.2 Å². The van der Waals surface area contributed by atoms with Crippen LogP contribution in [0.25, 0.3) is 0 Å². The van der Waals surface area contributed by atoms with Gasteiger partial charge in [-0.05, 0) is 61.4 Å². The van der Waals surface area contributed by atoms with Crippen molar-refractivity contribution in [2.75, 3.05) is 23.3 Å². The maximum absolute atomic E-state index is 13.6. The van der Waals surface area contributed by atoms with Crippen molar-refractivity contribution in [1.82, 2.24) is 4.90 Å². The molecule has 1 saturated heterocycles. The number of rotatable bonds is 5. The highest BCUT2D eigenvalue weighted by Gasteiger charge is 2.27. The Bertz CT molecular complexity index is 1220. The van der Waals surface area contributed by atoms with E-state index in [-0.39, 0.29) is 18.5 Å². The molecule has 0 spiro atoms. The highest BCUT2D eigenvalue weighted by Crippen LogP contribution is 2.30. The topological polar surface area (TPSA) is 52.7 Å². The second-order valence-corrected chi connectivity index (χ2v) is 8.35. The number of aryl methyl sites for hydroxylation is 1. The number of anilines is 2. The lowest BCUT2D eigenvalue weighted by molar-refractivity contribution is 0.102. The Kier molecular flexibility index (Phi) is 6.60. The number of carbonyl (C=O) groups excluding carboxylic acids is 2. The van der Waals surface area contributed by atoms with E-state index in [2.05, 4.69) is 5.32 Å². The van der Waals surface area contributed by atoms with Crippen molar-refractivity contribution in [1.29, 1.82) is 0 Å². The van der Waals surface area contributed by atoms with E-state index in [4.69, 9.17) is 11.6 Å². The number of urea groups is 1. The van der Waals surface area contributed by atoms with Crippen LogP contribution in [-0.2, 0) is 6.54 Å². The zero-order valence-electron chi connectivity index (χ0n) is 17.9. The van der Waals surface area contributed by atoms with Gasteiger partial charge in [0.1, 0.15) is 0 Å². The number of nitrogens with zero attached hydrogens (tertiary/aromatic N) is 2. The first-order valence-electron chi connectivity index (χ1n) is 10.5. The van der Waals surface area contributed by atoms with Gasteiger partial charge in [-0.3, -0.25) is 9.69 Å². The lowest BCUT2D eigenvalue weighted by atomic mass is 10.1. The minimum absolute atomic E-state index is 0.164. The first-order chi connectivity index (χ1) is 15.8. The lowest BCUT2D eigenvalue weighted by Gasteiger charge is -2.36. The predicted octanol–water partition coefficient (Wildman–Crippen LogP) is 6.01. The van der Waals surface area contributed by atoms with Crippen molar-refractivity contribution in [3.63, 3.8) is 0 Å². The number of hydrogen-bond acceptors (Lipinski definition) is 2. The molecule has 1 aliphatic rings. The number of hydrogen-bond donors (Lipinski definition) is 1. The molecule has 1 N–H and O–H groups in total. The van der Waals surface area contributed by atoms with Crippen LogP contribution in [-0.4, -0.2) is 29.9 Å². The third kappa shape index (κ3) is 5.14. The van der Waals surface area contributed by atoms with Crippen LogP contribution in [0.4, 0.5) is 25.0 Å². The summed E-state index contributed by atoms with van der Waals surface area (Å²) in [5.41, 5.74) is 2.95. The average molecular weight is 470 g/mol. The molecule has 1 aliphatic heterocycles. The quantitative estimate of drug-likeness (QED) is 0.497. The molecule has 0 radical (unpaired) electrons. The van der Waals surface area contributed by atoms with Gasteiger partial charge in [0.2, 0.25) is 0 Å². The molecule has 0 unspecified atom stereocenters. The molecule has 0 bridgehead atoms. The fourth-order valence-corrected chi connectivity index (χ4v) is 3.95. The highest BCUT2D eigenvalue weighted by molar-refractivity contribution is 6.34. The molecular formula is C25H22ClF2N3O2. The number of nitrogens with one attached hydrogen (secondary N) is 1. The lowest BCUT2D eigenvalue weighted by Crippen LogP contribution is -2.49. The summed E-state index contributed by atoms with van der Waals surface area (Å²) in [6.07, 6.45) is 0.697. The van der Waals surface area contributed by atoms with E-state index in [1.807, 2.05) is 13.0 Å². The molecule has 3 aromatic rings. The Morgan fingerprint density at radius 1 is 1.03 bits per heavy atom. The minimum Gasteiger partial charge on any atom is -0.321 e. The summed E-state index contributed by atoms with van der Waals surface area (Å²) in [4.78, 5) is 28.9. The summed E-state index contributed by atoms with van der Waals surface area (Å²) in [6.45, 7) is 3.05. The van der Waals surface area contributed by atoms with Crippen molar-refractivity contribution >= 4 is 34.9 Å². The molecule has 1 fully saturated rings. The largest absolute Gasteiger partial charge is 0.324 e. The predicted molar refractivity (Wildman–Crippen MR) is 125 cm³/mol. The van der Waals surface area contributed by atoms with E-state index in [0.717, 1.165) is 17.7 Å². The standard InChI is InChI=1S/C25H22ClF2N3O2/c1-16-4-2-5-18(12-16)24(32)29-23-14-19(7-8-20(23)26)31-11-3-10-30(25(31)33)15-17-6-9-21(27)22(28)13-17/h2,4-9,12-14H,3,10-11,15H2,1H3,(H,29,32). The maximum atomic E-state index is 13.6. The molecule has 3 aromatic carbocycles. The Balaban J connectivity index is 1.52. The molecule has 170 valence electrons. The third-order valence-electron chi connectivity index (χ3n) is 5.46. The van der Waals surface area contributed by atoms with Crippen LogP contribution in [0.2, 0.25) is 5.02 Å². The number of halogens is 3. The van der Waals surface area contributed by atoms with E-state index in [1.165, 1.54) is 6.07 Å². The van der Waals surface area contributed by atoms with Crippen LogP contribution in [0, 0.1) is 18.6 Å². The van der Waals surface area contributed by atoms with Crippen molar-refractivity contribution < 1.29 is 18.4 Å². The summed E-state index contributed by atoms with van der Waals surface area (Å²) < 4.78 is 26.8. The SMILES string of the molecule is Cc1cccc(C(=O)Nc2cc(N3CCCN(Cc4ccc(F)c(F)c4)C3=O)ccc2Cl)c1. The van der Waals surface area contributed by atoms with E-state index >= 15 is 0 Å². The summed E-state index contributed by atoms with van der Waals surface area (Å²) in [6, 6.07) is 15.6. The fourth-order valence-electron chi connectivity index (χ4n) is 3.78. The van der Waals surface area contributed by atoms with Crippen molar-refractivity contribution in [2.45, 2.75) is 19.9 Å². The van der Waals surface area contributed by atoms with Gasteiger partial charge in [0.05, 0.1) is 10.7 Å². The van der Waals surface area contributed by atoms with Crippen LogP contribution in [0.15, 0.2) is 60.7 Å². The number of carbonyl (C=O) groups is 2. The van der Waals surface area contributed by atoms with Crippen molar-refractivity contribution in [3.05, 3.63) is 94.0 Å². The molecule has 8 heteroatoms.